The molecule has 3 aromatic rings. The Labute approximate surface area is 140 Å². The molecule has 1 aromatic carbocycles. The summed E-state index contributed by atoms with van der Waals surface area (Å²) in [6, 6.07) is 10.4. The van der Waals surface area contributed by atoms with Crippen molar-refractivity contribution >= 4 is 40.3 Å². The normalized spacial score (nSPS) is 10.8. The van der Waals surface area contributed by atoms with Gasteiger partial charge in [-0.25, -0.2) is 4.98 Å². The first-order valence-corrected chi connectivity index (χ1v) is 6.88. The molecule has 9 nitrogen and oxygen atoms in total. The predicted molar refractivity (Wildman–Crippen MR) is 86.9 cm³/mol. The zero-order valence-electron chi connectivity index (χ0n) is 12.0. The summed E-state index contributed by atoms with van der Waals surface area (Å²) < 4.78 is 1.13. The van der Waals surface area contributed by atoms with Crippen LogP contribution in [0.25, 0.3) is 5.65 Å². The highest BCUT2D eigenvalue weighted by Crippen LogP contribution is 2.31. The lowest BCUT2D eigenvalue weighted by atomic mass is 10.2. The van der Waals surface area contributed by atoms with E-state index in [-0.39, 0.29) is 34.2 Å². The second-order valence-electron chi connectivity index (χ2n) is 4.59. The summed E-state index contributed by atoms with van der Waals surface area (Å²) in [5.41, 5.74) is 12.2. The van der Waals surface area contributed by atoms with Crippen molar-refractivity contribution in [3.63, 3.8) is 0 Å². The Bertz CT molecular complexity index is 1050. The van der Waals surface area contributed by atoms with E-state index in [9.17, 15) is 5.26 Å². The van der Waals surface area contributed by atoms with Crippen molar-refractivity contribution in [2.24, 2.45) is 10.2 Å². The summed E-state index contributed by atoms with van der Waals surface area (Å²) in [6.45, 7) is 0. The Morgan fingerprint density at radius 2 is 1.75 bits per heavy atom. The zero-order chi connectivity index (χ0) is 17.3. The van der Waals surface area contributed by atoms with Gasteiger partial charge in [-0.1, -0.05) is 11.6 Å². The van der Waals surface area contributed by atoms with Crippen LogP contribution in [0.15, 0.2) is 34.5 Å². The van der Waals surface area contributed by atoms with Gasteiger partial charge >= 0.3 is 0 Å². The van der Waals surface area contributed by atoms with Crippen molar-refractivity contribution in [3.05, 3.63) is 40.5 Å². The van der Waals surface area contributed by atoms with Crippen LogP contribution in [0.4, 0.5) is 23.0 Å². The second kappa shape index (κ2) is 5.83. The minimum atomic E-state index is -0.107. The lowest BCUT2D eigenvalue weighted by Gasteiger charge is -2.01. The third kappa shape index (κ3) is 2.45. The van der Waals surface area contributed by atoms with E-state index in [0.29, 0.717) is 10.7 Å². The van der Waals surface area contributed by atoms with Crippen LogP contribution in [0, 0.1) is 22.7 Å². The molecule has 116 valence electrons. The number of benzene rings is 1. The molecular formula is C14H8ClN9. The molecule has 2 aromatic heterocycles. The number of rotatable bonds is 2. The van der Waals surface area contributed by atoms with Gasteiger partial charge in [-0.15, -0.1) is 10.2 Å². The third-order valence-electron chi connectivity index (χ3n) is 3.10. The minimum absolute atomic E-state index is 0.00574. The van der Waals surface area contributed by atoms with Crippen molar-refractivity contribution in [2.75, 3.05) is 11.5 Å². The molecule has 0 aliphatic rings. The monoisotopic (exact) mass is 337 g/mol. The van der Waals surface area contributed by atoms with E-state index in [1.54, 1.807) is 24.3 Å². The molecule has 10 heteroatoms. The number of nitrogens with zero attached hydrogens (tertiary/aromatic N) is 7. The summed E-state index contributed by atoms with van der Waals surface area (Å²) in [6.07, 6.45) is 0. The number of anilines is 2. The largest absolute Gasteiger partial charge is 0.382 e. The van der Waals surface area contributed by atoms with Crippen LogP contribution >= 0.6 is 11.6 Å². The molecule has 3 rings (SSSR count). The van der Waals surface area contributed by atoms with Crippen LogP contribution in [-0.2, 0) is 0 Å². The number of aromatic nitrogens is 3. The molecule has 0 bridgehead atoms. The summed E-state index contributed by atoms with van der Waals surface area (Å²) in [5.74, 6) is -0.101. The highest BCUT2D eigenvalue weighted by Gasteiger charge is 2.19. The average Bonchev–Trinajstić information content (AvgIpc) is 2.88. The predicted octanol–water partition coefficient (Wildman–Crippen LogP) is 2.71. The highest BCUT2D eigenvalue weighted by molar-refractivity contribution is 6.30. The summed E-state index contributed by atoms with van der Waals surface area (Å²) in [7, 11) is 0. The van der Waals surface area contributed by atoms with E-state index in [0.717, 1.165) is 4.52 Å². The average molecular weight is 338 g/mol. The molecule has 0 amide bonds. The van der Waals surface area contributed by atoms with Gasteiger partial charge in [0.15, 0.2) is 22.8 Å². The van der Waals surface area contributed by atoms with E-state index in [2.05, 4.69) is 20.3 Å². The lowest BCUT2D eigenvalue weighted by Crippen LogP contribution is -2.05. The molecular weight excluding hydrogens is 330 g/mol. The number of nitriles is 2. The van der Waals surface area contributed by atoms with Crippen molar-refractivity contribution in [2.45, 2.75) is 0 Å². The number of halogens is 1. The van der Waals surface area contributed by atoms with Gasteiger partial charge in [-0.2, -0.15) is 20.2 Å². The van der Waals surface area contributed by atoms with Gasteiger partial charge in [0.25, 0.3) is 0 Å². The lowest BCUT2D eigenvalue weighted by molar-refractivity contribution is 0.923. The molecule has 2 heterocycles. The van der Waals surface area contributed by atoms with Gasteiger partial charge in [0.1, 0.15) is 23.5 Å². The van der Waals surface area contributed by atoms with E-state index >= 15 is 0 Å². The number of nitrogens with two attached hydrogens (primary N) is 2. The van der Waals surface area contributed by atoms with E-state index in [1.807, 2.05) is 12.1 Å². The fourth-order valence-corrected chi connectivity index (χ4v) is 2.12. The third-order valence-corrected chi connectivity index (χ3v) is 3.36. The molecule has 0 spiro atoms. The van der Waals surface area contributed by atoms with E-state index < -0.39 is 0 Å². The molecule has 0 radical (unpaired) electrons. The Morgan fingerprint density at radius 1 is 1.04 bits per heavy atom. The molecule has 0 aliphatic carbocycles. The Kier molecular flexibility index (Phi) is 3.70. The molecule has 0 aliphatic heterocycles. The van der Waals surface area contributed by atoms with Crippen LogP contribution in [0.1, 0.15) is 11.3 Å². The SMILES string of the molecule is N#Cc1c(N)nc2c(N=Nc3ccc(Cl)cc3)c(N)nn2c1C#N. The molecule has 0 saturated carbocycles. The smallest absolute Gasteiger partial charge is 0.188 e. The molecule has 0 unspecified atom stereocenters. The second-order valence-corrected chi connectivity index (χ2v) is 5.03. The number of nitrogen functional groups attached to an aromatic ring is 2. The topological polar surface area (TPSA) is 155 Å². The fourth-order valence-electron chi connectivity index (χ4n) is 2.00. The number of hydrogen-bond donors (Lipinski definition) is 2. The minimum Gasteiger partial charge on any atom is -0.382 e. The Morgan fingerprint density at radius 3 is 2.38 bits per heavy atom. The van der Waals surface area contributed by atoms with E-state index in [1.165, 1.54) is 0 Å². The highest BCUT2D eigenvalue weighted by atomic mass is 35.5. The van der Waals surface area contributed by atoms with Crippen molar-refractivity contribution < 1.29 is 0 Å². The molecule has 0 atom stereocenters. The summed E-state index contributed by atoms with van der Waals surface area (Å²) in [4.78, 5) is 4.05. The van der Waals surface area contributed by atoms with Gasteiger partial charge in [-0.05, 0) is 24.3 Å². The first-order valence-electron chi connectivity index (χ1n) is 6.50. The fraction of sp³-hybridized carbons (Fsp3) is 0. The molecule has 4 N–H and O–H groups in total. The van der Waals surface area contributed by atoms with Crippen molar-refractivity contribution in [1.29, 1.82) is 10.5 Å². The van der Waals surface area contributed by atoms with E-state index in [4.69, 9.17) is 28.3 Å². The molecule has 0 fully saturated rings. The maximum Gasteiger partial charge on any atom is 0.188 e. The maximum atomic E-state index is 9.25. The number of hydrogen-bond acceptors (Lipinski definition) is 8. The van der Waals surface area contributed by atoms with Crippen LogP contribution < -0.4 is 11.5 Å². The van der Waals surface area contributed by atoms with Gasteiger partial charge in [0.2, 0.25) is 0 Å². The maximum absolute atomic E-state index is 9.25. The standard InChI is InChI=1S/C14H8ClN9/c15-7-1-3-8(4-2-7)21-22-11-13(19)23-24-10(6-17)9(5-16)12(18)20-14(11)24/h1-4H,(H2,18,20)(H2,19,23). The van der Waals surface area contributed by atoms with Crippen LogP contribution in [0.2, 0.25) is 5.02 Å². The Hall–Kier alpha value is -3.69. The van der Waals surface area contributed by atoms with Crippen LogP contribution in [-0.4, -0.2) is 14.6 Å². The molecule has 0 saturated heterocycles. The summed E-state index contributed by atoms with van der Waals surface area (Å²) >= 11 is 5.81. The Balaban J connectivity index is 2.18. The first kappa shape index (κ1) is 15.2. The quantitative estimate of drug-likeness (QED) is 0.685. The van der Waals surface area contributed by atoms with Crippen LogP contribution in [0.5, 0.6) is 0 Å². The molecule has 24 heavy (non-hydrogen) atoms. The van der Waals surface area contributed by atoms with Crippen molar-refractivity contribution in [3.8, 4) is 12.1 Å². The summed E-state index contributed by atoms with van der Waals surface area (Å²) in [5, 5.41) is 31.0. The van der Waals surface area contributed by atoms with Gasteiger partial charge < -0.3 is 11.5 Å². The number of fused-ring (bicyclic) bond motifs is 1. The zero-order valence-corrected chi connectivity index (χ0v) is 12.7. The van der Waals surface area contributed by atoms with Gasteiger partial charge in [0, 0.05) is 5.02 Å². The van der Waals surface area contributed by atoms with Gasteiger partial charge in [-0.3, -0.25) is 0 Å². The van der Waals surface area contributed by atoms with Crippen LogP contribution in [0.3, 0.4) is 0 Å². The number of azo groups is 1. The van der Waals surface area contributed by atoms with Crippen molar-refractivity contribution in [1.82, 2.24) is 14.6 Å². The van der Waals surface area contributed by atoms with Gasteiger partial charge in [0.05, 0.1) is 5.69 Å². The first-order chi connectivity index (χ1) is 11.5.